The summed E-state index contributed by atoms with van der Waals surface area (Å²) in [7, 11) is 1.49. The molecule has 0 radical (unpaired) electrons. The van der Waals surface area contributed by atoms with E-state index in [0.29, 0.717) is 22.3 Å². The fraction of sp³-hybridized carbons (Fsp3) is 0.133. The Kier molecular flexibility index (Phi) is 3.74. The number of fused-ring (bicyclic) bond motifs is 1. The number of benzene rings is 2. The van der Waals surface area contributed by atoms with Gasteiger partial charge in [-0.1, -0.05) is 11.6 Å². The molecule has 3 rings (SSSR count). The summed E-state index contributed by atoms with van der Waals surface area (Å²) in [6.07, 6.45) is 0. The van der Waals surface area contributed by atoms with Crippen molar-refractivity contribution < 1.29 is 9.13 Å². The zero-order valence-electron chi connectivity index (χ0n) is 11.1. The molecule has 0 N–H and O–H groups in total. The van der Waals surface area contributed by atoms with E-state index in [-0.39, 0.29) is 11.7 Å². The van der Waals surface area contributed by atoms with Gasteiger partial charge in [0.1, 0.15) is 17.4 Å². The Bertz CT molecular complexity index is 817. The third-order valence-corrected chi connectivity index (χ3v) is 3.66. The van der Waals surface area contributed by atoms with E-state index in [2.05, 4.69) is 4.98 Å². The molecule has 21 heavy (non-hydrogen) atoms. The van der Waals surface area contributed by atoms with Crippen molar-refractivity contribution >= 4 is 34.2 Å². The number of ether oxygens (including phenoxy) is 1. The van der Waals surface area contributed by atoms with Crippen LogP contribution in [0.3, 0.4) is 0 Å². The third-order valence-electron chi connectivity index (χ3n) is 3.19. The zero-order chi connectivity index (χ0) is 15.0. The van der Waals surface area contributed by atoms with Crippen molar-refractivity contribution in [1.82, 2.24) is 9.55 Å². The van der Waals surface area contributed by atoms with Gasteiger partial charge in [0.15, 0.2) is 0 Å². The average Bonchev–Trinajstić information content (AvgIpc) is 2.84. The highest BCUT2D eigenvalue weighted by atomic mass is 35.5. The number of hydrogen-bond acceptors (Lipinski definition) is 2. The molecule has 1 aromatic heterocycles. The number of hydrogen-bond donors (Lipinski definition) is 0. The molecule has 3 aromatic rings. The maximum absolute atomic E-state index is 13.4. The van der Waals surface area contributed by atoms with Gasteiger partial charge in [0.2, 0.25) is 0 Å². The quantitative estimate of drug-likeness (QED) is 0.660. The van der Waals surface area contributed by atoms with E-state index in [4.69, 9.17) is 27.9 Å². The minimum absolute atomic E-state index is 0.215. The van der Waals surface area contributed by atoms with E-state index >= 15 is 0 Å². The van der Waals surface area contributed by atoms with E-state index in [0.717, 1.165) is 11.0 Å². The molecular weight excluding hydrogens is 314 g/mol. The molecule has 108 valence electrons. The van der Waals surface area contributed by atoms with Gasteiger partial charge in [-0.05, 0) is 30.3 Å². The van der Waals surface area contributed by atoms with E-state index in [1.165, 1.54) is 19.2 Å². The molecule has 0 aliphatic heterocycles. The maximum atomic E-state index is 13.4. The van der Waals surface area contributed by atoms with Crippen LogP contribution < -0.4 is 4.74 Å². The van der Waals surface area contributed by atoms with Gasteiger partial charge in [-0.2, -0.15) is 0 Å². The summed E-state index contributed by atoms with van der Waals surface area (Å²) in [4.78, 5) is 4.46. The Balaban J connectivity index is 2.33. The van der Waals surface area contributed by atoms with Gasteiger partial charge in [-0.15, -0.1) is 11.6 Å². The van der Waals surface area contributed by atoms with Crippen molar-refractivity contribution in [2.24, 2.45) is 0 Å². The standard InChI is InChI=1S/C15H11Cl2FN2O/c1-21-14-7-10(18)3-5-13(14)20-12-4-2-9(17)6-11(12)19-15(20)8-16/h2-7H,8H2,1H3. The number of imidazole rings is 1. The Morgan fingerprint density at radius 1 is 1.24 bits per heavy atom. The molecule has 1 heterocycles. The van der Waals surface area contributed by atoms with E-state index in [1.807, 2.05) is 10.6 Å². The molecule has 2 aromatic carbocycles. The first-order valence-corrected chi connectivity index (χ1v) is 7.12. The molecule has 0 fully saturated rings. The Morgan fingerprint density at radius 2 is 2.05 bits per heavy atom. The van der Waals surface area contributed by atoms with Gasteiger partial charge in [-0.25, -0.2) is 9.37 Å². The van der Waals surface area contributed by atoms with Crippen LogP contribution in [0.1, 0.15) is 5.82 Å². The highest BCUT2D eigenvalue weighted by Crippen LogP contribution is 2.30. The van der Waals surface area contributed by atoms with Crippen LogP contribution in [0, 0.1) is 5.82 Å². The van der Waals surface area contributed by atoms with Crippen molar-refractivity contribution in [2.45, 2.75) is 5.88 Å². The molecule has 0 saturated heterocycles. The van der Waals surface area contributed by atoms with Gasteiger partial charge < -0.3 is 4.74 Å². The van der Waals surface area contributed by atoms with Gasteiger partial charge in [0, 0.05) is 11.1 Å². The fourth-order valence-corrected chi connectivity index (χ4v) is 2.64. The molecule has 0 atom stereocenters. The minimum atomic E-state index is -0.365. The topological polar surface area (TPSA) is 27.1 Å². The third kappa shape index (κ3) is 2.45. The van der Waals surface area contributed by atoms with Crippen LogP contribution in [-0.2, 0) is 5.88 Å². The predicted octanol–water partition coefficient (Wildman–Crippen LogP) is 4.57. The second-order valence-electron chi connectivity index (χ2n) is 4.45. The number of alkyl halides is 1. The summed E-state index contributed by atoms with van der Waals surface area (Å²) in [6, 6.07) is 9.73. The van der Waals surface area contributed by atoms with Crippen LogP contribution in [0.4, 0.5) is 4.39 Å². The van der Waals surface area contributed by atoms with E-state index in [1.54, 1.807) is 18.2 Å². The van der Waals surface area contributed by atoms with Crippen LogP contribution in [0.2, 0.25) is 5.02 Å². The number of nitrogens with zero attached hydrogens (tertiary/aromatic N) is 2. The lowest BCUT2D eigenvalue weighted by Crippen LogP contribution is -2.02. The zero-order valence-corrected chi connectivity index (χ0v) is 12.6. The van der Waals surface area contributed by atoms with Crippen LogP contribution in [0.5, 0.6) is 5.75 Å². The fourth-order valence-electron chi connectivity index (χ4n) is 2.30. The number of aromatic nitrogens is 2. The first kappa shape index (κ1) is 14.2. The Hall–Kier alpha value is -1.78. The van der Waals surface area contributed by atoms with Gasteiger partial charge in [-0.3, -0.25) is 4.57 Å². The summed E-state index contributed by atoms with van der Waals surface area (Å²) in [5.41, 5.74) is 2.24. The van der Waals surface area contributed by atoms with Gasteiger partial charge in [0.25, 0.3) is 0 Å². The number of methoxy groups -OCH3 is 1. The normalized spacial score (nSPS) is 11.0. The molecule has 0 unspecified atom stereocenters. The molecule has 0 aliphatic carbocycles. The average molecular weight is 325 g/mol. The molecule has 0 bridgehead atoms. The van der Waals surface area contributed by atoms with E-state index in [9.17, 15) is 4.39 Å². The predicted molar refractivity (Wildman–Crippen MR) is 82.1 cm³/mol. The SMILES string of the molecule is COc1cc(F)ccc1-n1c(CCl)nc2cc(Cl)ccc21. The summed E-state index contributed by atoms with van der Waals surface area (Å²) in [5.74, 6) is 0.900. The smallest absolute Gasteiger partial charge is 0.145 e. The maximum Gasteiger partial charge on any atom is 0.145 e. The molecular formula is C15H11Cl2FN2O. The molecule has 6 heteroatoms. The Morgan fingerprint density at radius 3 is 2.76 bits per heavy atom. The second kappa shape index (κ2) is 5.54. The van der Waals surface area contributed by atoms with Crippen molar-refractivity contribution in [3.8, 4) is 11.4 Å². The van der Waals surface area contributed by atoms with Gasteiger partial charge >= 0.3 is 0 Å². The lowest BCUT2D eigenvalue weighted by atomic mass is 10.2. The molecule has 0 amide bonds. The molecule has 0 spiro atoms. The summed E-state index contributed by atoms with van der Waals surface area (Å²) < 4.78 is 20.5. The summed E-state index contributed by atoms with van der Waals surface area (Å²) >= 11 is 12.0. The monoisotopic (exact) mass is 324 g/mol. The number of rotatable bonds is 3. The largest absolute Gasteiger partial charge is 0.494 e. The second-order valence-corrected chi connectivity index (χ2v) is 5.15. The van der Waals surface area contributed by atoms with Crippen molar-refractivity contribution in [3.63, 3.8) is 0 Å². The van der Waals surface area contributed by atoms with Crippen molar-refractivity contribution in [2.75, 3.05) is 7.11 Å². The first-order chi connectivity index (χ1) is 10.1. The van der Waals surface area contributed by atoms with Crippen LogP contribution >= 0.6 is 23.2 Å². The van der Waals surface area contributed by atoms with Crippen molar-refractivity contribution in [1.29, 1.82) is 0 Å². The molecule has 0 saturated carbocycles. The van der Waals surface area contributed by atoms with Crippen LogP contribution in [-0.4, -0.2) is 16.7 Å². The first-order valence-electron chi connectivity index (χ1n) is 6.21. The summed E-state index contributed by atoms with van der Waals surface area (Å²) in [6.45, 7) is 0. The highest BCUT2D eigenvalue weighted by Gasteiger charge is 2.16. The van der Waals surface area contributed by atoms with E-state index < -0.39 is 0 Å². The highest BCUT2D eigenvalue weighted by molar-refractivity contribution is 6.31. The lowest BCUT2D eigenvalue weighted by molar-refractivity contribution is 0.409. The number of halogens is 3. The van der Waals surface area contributed by atoms with Crippen LogP contribution in [0.25, 0.3) is 16.7 Å². The Labute approximate surface area is 130 Å². The van der Waals surface area contributed by atoms with Gasteiger partial charge in [0.05, 0.1) is 29.7 Å². The molecule has 3 nitrogen and oxygen atoms in total. The van der Waals surface area contributed by atoms with Crippen molar-refractivity contribution in [3.05, 3.63) is 53.1 Å². The lowest BCUT2D eigenvalue weighted by Gasteiger charge is -2.12. The summed E-state index contributed by atoms with van der Waals surface area (Å²) in [5, 5.41) is 0.597. The minimum Gasteiger partial charge on any atom is -0.494 e. The van der Waals surface area contributed by atoms with Crippen LogP contribution in [0.15, 0.2) is 36.4 Å². The molecule has 0 aliphatic rings.